The molecule has 0 spiro atoms. The molecule has 0 heterocycles. The molecule has 0 aliphatic rings. The number of hydrogen-bond donors (Lipinski definition) is 3. The topological polar surface area (TPSA) is 66.5 Å². The van der Waals surface area contributed by atoms with Gasteiger partial charge in [-0.05, 0) is 17.7 Å². The van der Waals surface area contributed by atoms with Gasteiger partial charge in [-0.2, -0.15) is 0 Å². The Morgan fingerprint density at radius 1 is 1.45 bits per heavy atom. The summed E-state index contributed by atoms with van der Waals surface area (Å²) in [7, 11) is 0. The summed E-state index contributed by atoms with van der Waals surface area (Å²) in [6.07, 6.45) is -0.821. The van der Waals surface area contributed by atoms with Gasteiger partial charge < -0.3 is 15.9 Å². The van der Waals surface area contributed by atoms with Crippen LogP contribution in [0.2, 0.25) is 0 Å². The lowest BCUT2D eigenvalue weighted by Gasteiger charge is -2.06. The molecule has 60 valence electrons. The average Bonchev–Trinajstić information content (AvgIpc) is 2.03. The van der Waals surface area contributed by atoms with Gasteiger partial charge in [0.2, 0.25) is 0 Å². The normalized spacial score (nSPS) is 12.9. The van der Waals surface area contributed by atoms with Gasteiger partial charge in [0.25, 0.3) is 0 Å². The third-order valence-electron chi connectivity index (χ3n) is 1.47. The maximum Gasteiger partial charge on any atom is 0.102 e. The molecule has 0 aliphatic heterocycles. The van der Waals surface area contributed by atoms with Crippen LogP contribution in [-0.2, 0) is 0 Å². The summed E-state index contributed by atoms with van der Waals surface area (Å²) in [5.74, 6) is 0. The van der Waals surface area contributed by atoms with Gasteiger partial charge in [0.15, 0.2) is 0 Å². The molecular formula is C8H11NO2. The van der Waals surface area contributed by atoms with Crippen molar-refractivity contribution in [2.45, 2.75) is 6.10 Å². The molecule has 0 bridgehead atoms. The van der Waals surface area contributed by atoms with E-state index in [1.807, 2.05) is 0 Å². The van der Waals surface area contributed by atoms with Crippen molar-refractivity contribution in [3.8, 4) is 0 Å². The van der Waals surface area contributed by atoms with Gasteiger partial charge in [-0.15, -0.1) is 0 Å². The zero-order valence-corrected chi connectivity index (χ0v) is 6.07. The minimum atomic E-state index is -0.821. The minimum Gasteiger partial charge on any atom is -0.399 e. The number of nitrogen functional groups attached to an aromatic ring is 1. The molecule has 0 fully saturated rings. The van der Waals surface area contributed by atoms with Crippen molar-refractivity contribution < 1.29 is 10.2 Å². The lowest BCUT2D eigenvalue weighted by atomic mass is 10.1. The van der Waals surface area contributed by atoms with E-state index in [1.54, 1.807) is 24.3 Å². The number of aliphatic hydroxyl groups excluding tert-OH is 2. The van der Waals surface area contributed by atoms with Gasteiger partial charge in [-0.3, -0.25) is 0 Å². The van der Waals surface area contributed by atoms with Crippen LogP contribution in [0, 0.1) is 0 Å². The molecule has 0 radical (unpaired) electrons. The molecule has 1 unspecified atom stereocenters. The Labute approximate surface area is 65.1 Å². The van der Waals surface area contributed by atoms with Crippen LogP contribution in [0.3, 0.4) is 0 Å². The third kappa shape index (κ3) is 1.93. The van der Waals surface area contributed by atoms with E-state index in [4.69, 9.17) is 15.9 Å². The van der Waals surface area contributed by atoms with Crippen LogP contribution in [0.1, 0.15) is 11.7 Å². The Balaban J connectivity index is 2.86. The van der Waals surface area contributed by atoms with E-state index in [0.29, 0.717) is 11.3 Å². The first kappa shape index (κ1) is 8.04. The Morgan fingerprint density at radius 3 is 2.73 bits per heavy atom. The molecule has 0 amide bonds. The Kier molecular flexibility index (Phi) is 2.46. The van der Waals surface area contributed by atoms with Crippen LogP contribution < -0.4 is 5.73 Å². The van der Waals surface area contributed by atoms with Crippen molar-refractivity contribution in [3.63, 3.8) is 0 Å². The van der Waals surface area contributed by atoms with E-state index in [1.165, 1.54) is 0 Å². The number of aliphatic hydroxyl groups is 2. The molecule has 3 nitrogen and oxygen atoms in total. The molecule has 1 aromatic carbocycles. The van der Waals surface area contributed by atoms with E-state index in [2.05, 4.69) is 0 Å². The number of hydrogen-bond acceptors (Lipinski definition) is 3. The van der Waals surface area contributed by atoms with Gasteiger partial charge in [-0.25, -0.2) is 0 Å². The summed E-state index contributed by atoms with van der Waals surface area (Å²) >= 11 is 0. The summed E-state index contributed by atoms with van der Waals surface area (Å²) in [5, 5.41) is 17.7. The van der Waals surface area contributed by atoms with Crippen molar-refractivity contribution >= 4 is 5.69 Å². The van der Waals surface area contributed by atoms with Gasteiger partial charge in [0, 0.05) is 5.69 Å². The van der Waals surface area contributed by atoms with Crippen molar-refractivity contribution in [2.24, 2.45) is 0 Å². The minimum absolute atomic E-state index is 0.274. The fourth-order valence-corrected chi connectivity index (χ4v) is 0.872. The van der Waals surface area contributed by atoms with Crippen LogP contribution >= 0.6 is 0 Å². The Morgan fingerprint density at radius 2 is 2.18 bits per heavy atom. The molecule has 0 saturated carbocycles. The quantitative estimate of drug-likeness (QED) is 0.535. The monoisotopic (exact) mass is 153 g/mol. The SMILES string of the molecule is Nc1cccc(C(O)CO)c1. The van der Waals surface area contributed by atoms with Crippen LogP contribution in [0.5, 0.6) is 0 Å². The highest BCUT2D eigenvalue weighted by Gasteiger charge is 2.04. The molecule has 0 aromatic heterocycles. The molecular weight excluding hydrogens is 142 g/mol. The van der Waals surface area contributed by atoms with E-state index in [9.17, 15) is 0 Å². The number of rotatable bonds is 2. The molecule has 0 saturated heterocycles. The Bertz CT molecular complexity index is 237. The highest BCUT2D eigenvalue weighted by molar-refractivity contribution is 5.41. The van der Waals surface area contributed by atoms with Crippen LogP contribution in [-0.4, -0.2) is 16.8 Å². The molecule has 4 N–H and O–H groups in total. The van der Waals surface area contributed by atoms with E-state index in [-0.39, 0.29) is 6.61 Å². The van der Waals surface area contributed by atoms with Crippen LogP contribution in [0.4, 0.5) is 5.69 Å². The second-order valence-electron chi connectivity index (χ2n) is 2.37. The summed E-state index contributed by atoms with van der Waals surface area (Å²) in [6, 6.07) is 6.83. The summed E-state index contributed by atoms with van der Waals surface area (Å²) in [6.45, 7) is -0.274. The first-order valence-electron chi connectivity index (χ1n) is 3.38. The van der Waals surface area contributed by atoms with E-state index >= 15 is 0 Å². The lowest BCUT2D eigenvalue weighted by Crippen LogP contribution is -2.02. The molecule has 11 heavy (non-hydrogen) atoms. The number of benzene rings is 1. The van der Waals surface area contributed by atoms with Gasteiger partial charge in [0.1, 0.15) is 6.10 Å². The highest BCUT2D eigenvalue weighted by Crippen LogP contribution is 2.14. The summed E-state index contributed by atoms with van der Waals surface area (Å²) < 4.78 is 0. The zero-order valence-electron chi connectivity index (χ0n) is 6.07. The molecule has 0 aliphatic carbocycles. The molecule has 1 atom stereocenters. The summed E-state index contributed by atoms with van der Waals surface area (Å²) in [5.41, 5.74) is 6.70. The average molecular weight is 153 g/mol. The lowest BCUT2D eigenvalue weighted by molar-refractivity contribution is 0.0956. The van der Waals surface area contributed by atoms with Crippen LogP contribution in [0.15, 0.2) is 24.3 Å². The standard InChI is InChI=1S/C8H11NO2/c9-7-3-1-2-6(4-7)8(11)5-10/h1-4,8,10-11H,5,9H2. The second-order valence-corrected chi connectivity index (χ2v) is 2.37. The first-order valence-corrected chi connectivity index (χ1v) is 3.38. The van der Waals surface area contributed by atoms with Crippen molar-refractivity contribution in [1.82, 2.24) is 0 Å². The number of anilines is 1. The van der Waals surface area contributed by atoms with E-state index < -0.39 is 6.10 Å². The molecule has 3 heteroatoms. The number of nitrogens with two attached hydrogens (primary N) is 1. The largest absolute Gasteiger partial charge is 0.399 e. The predicted octanol–water partition coefficient (Wildman–Crippen LogP) is 0.295. The zero-order chi connectivity index (χ0) is 8.27. The van der Waals surface area contributed by atoms with Gasteiger partial charge in [-0.1, -0.05) is 12.1 Å². The fraction of sp³-hybridized carbons (Fsp3) is 0.250. The first-order chi connectivity index (χ1) is 5.24. The third-order valence-corrected chi connectivity index (χ3v) is 1.47. The Hall–Kier alpha value is -1.06. The van der Waals surface area contributed by atoms with Gasteiger partial charge in [0.05, 0.1) is 6.61 Å². The molecule has 1 rings (SSSR count). The van der Waals surface area contributed by atoms with Crippen molar-refractivity contribution in [3.05, 3.63) is 29.8 Å². The van der Waals surface area contributed by atoms with Crippen LogP contribution in [0.25, 0.3) is 0 Å². The van der Waals surface area contributed by atoms with Gasteiger partial charge >= 0.3 is 0 Å². The van der Waals surface area contributed by atoms with Crippen molar-refractivity contribution in [1.29, 1.82) is 0 Å². The predicted molar refractivity (Wildman–Crippen MR) is 42.9 cm³/mol. The second kappa shape index (κ2) is 3.37. The van der Waals surface area contributed by atoms with Crippen molar-refractivity contribution in [2.75, 3.05) is 12.3 Å². The highest BCUT2D eigenvalue weighted by atomic mass is 16.3. The smallest absolute Gasteiger partial charge is 0.102 e. The maximum absolute atomic E-state index is 9.15. The fourth-order valence-electron chi connectivity index (χ4n) is 0.872. The van der Waals surface area contributed by atoms with E-state index in [0.717, 1.165) is 0 Å². The molecule has 1 aromatic rings. The maximum atomic E-state index is 9.15. The summed E-state index contributed by atoms with van der Waals surface area (Å²) in [4.78, 5) is 0.